The van der Waals surface area contributed by atoms with Crippen LogP contribution in [0.3, 0.4) is 0 Å². The molecule has 1 unspecified atom stereocenters. The van der Waals surface area contributed by atoms with Crippen LogP contribution in [-0.4, -0.2) is 44.8 Å². The highest BCUT2D eigenvalue weighted by atomic mass is 16.5. The Morgan fingerprint density at radius 1 is 1.14 bits per heavy atom. The zero-order valence-electron chi connectivity index (χ0n) is 13.0. The minimum absolute atomic E-state index is 0.0882. The number of nitrogens with one attached hydrogen (secondary N) is 1. The number of amides is 1. The van der Waals surface area contributed by atoms with Gasteiger partial charge in [-0.05, 0) is 12.0 Å². The van der Waals surface area contributed by atoms with Crippen LogP contribution in [0.5, 0.6) is 0 Å². The van der Waals surface area contributed by atoms with Crippen LogP contribution in [0.15, 0.2) is 30.3 Å². The molecule has 1 aromatic carbocycles. The predicted octanol–water partition coefficient (Wildman–Crippen LogP) is 1.29. The molecule has 0 heterocycles. The number of benzene rings is 1. The van der Waals surface area contributed by atoms with E-state index in [0.29, 0.717) is 26.2 Å². The fraction of sp³-hybridized carbons (Fsp3) is 0.500. The lowest BCUT2D eigenvalue weighted by Crippen LogP contribution is -2.43. The molecule has 0 aromatic heterocycles. The van der Waals surface area contributed by atoms with E-state index in [1.807, 2.05) is 30.3 Å². The van der Waals surface area contributed by atoms with Gasteiger partial charge in [-0.15, -0.1) is 0 Å². The molecule has 0 saturated carbocycles. The Labute approximate surface area is 130 Å². The van der Waals surface area contributed by atoms with E-state index in [4.69, 9.17) is 9.47 Å². The summed E-state index contributed by atoms with van der Waals surface area (Å²) < 4.78 is 15.5. The monoisotopic (exact) mass is 309 g/mol. The van der Waals surface area contributed by atoms with Gasteiger partial charge in [0.1, 0.15) is 0 Å². The molecular formula is C16H23NO5. The lowest BCUT2D eigenvalue weighted by molar-refractivity contribution is -0.146. The molecule has 1 aromatic rings. The van der Waals surface area contributed by atoms with E-state index in [-0.39, 0.29) is 12.5 Å². The fourth-order valence-electron chi connectivity index (χ4n) is 1.78. The highest BCUT2D eigenvalue weighted by molar-refractivity contribution is 5.83. The zero-order chi connectivity index (χ0) is 16.2. The van der Waals surface area contributed by atoms with E-state index >= 15 is 0 Å². The summed E-state index contributed by atoms with van der Waals surface area (Å²) in [6, 6.07) is 9.14. The molecule has 0 radical (unpaired) electrons. The van der Waals surface area contributed by atoms with Crippen LogP contribution < -0.4 is 5.32 Å². The summed E-state index contributed by atoms with van der Waals surface area (Å²) >= 11 is 0. The van der Waals surface area contributed by atoms with Crippen LogP contribution in [0.2, 0.25) is 0 Å². The zero-order valence-corrected chi connectivity index (χ0v) is 13.0. The summed E-state index contributed by atoms with van der Waals surface area (Å²) in [6.07, 6.45) is 0.709. The summed E-state index contributed by atoms with van der Waals surface area (Å²) in [5.74, 6) is -0.819. The number of ether oxygens (including phenoxy) is 3. The molecule has 0 spiro atoms. The topological polar surface area (TPSA) is 73.9 Å². The number of rotatable bonds is 10. The minimum atomic E-state index is -0.771. The van der Waals surface area contributed by atoms with Gasteiger partial charge in [-0.2, -0.15) is 0 Å². The van der Waals surface area contributed by atoms with Crippen molar-refractivity contribution in [3.05, 3.63) is 35.9 Å². The normalized spacial score (nSPS) is 11.7. The molecule has 0 aliphatic heterocycles. The van der Waals surface area contributed by atoms with E-state index < -0.39 is 12.0 Å². The number of methoxy groups -OCH3 is 1. The fourth-order valence-corrected chi connectivity index (χ4v) is 1.78. The second-order valence-electron chi connectivity index (χ2n) is 4.74. The Kier molecular flexibility index (Phi) is 8.86. The Morgan fingerprint density at radius 3 is 2.45 bits per heavy atom. The Bertz CT molecular complexity index is 449. The predicted molar refractivity (Wildman–Crippen MR) is 81.2 cm³/mol. The summed E-state index contributed by atoms with van der Waals surface area (Å²) in [7, 11) is 1.27. The summed E-state index contributed by atoms with van der Waals surface area (Å²) in [5, 5.41) is 2.48. The van der Waals surface area contributed by atoms with E-state index in [2.05, 4.69) is 10.1 Å². The molecule has 0 aliphatic rings. The van der Waals surface area contributed by atoms with Gasteiger partial charge in [-0.3, -0.25) is 4.79 Å². The van der Waals surface area contributed by atoms with Crippen LogP contribution in [0, 0.1) is 0 Å². The van der Waals surface area contributed by atoms with Gasteiger partial charge in [-0.25, -0.2) is 4.79 Å². The van der Waals surface area contributed by atoms with Crippen molar-refractivity contribution in [1.29, 1.82) is 0 Å². The number of carbonyl (C=O) groups is 2. The van der Waals surface area contributed by atoms with Crippen molar-refractivity contribution < 1.29 is 23.8 Å². The van der Waals surface area contributed by atoms with Crippen molar-refractivity contribution >= 4 is 11.9 Å². The molecule has 6 nitrogen and oxygen atoms in total. The maximum absolute atomic E-state index is 11.4. The Morgan fingerprint density at radius 2 is 1.82 bits per heavy atom. The molecule has 6 heteroatoms. The quantitative estimate of drug-likeness (QED) is 0.521. The molecule has 0 fully saturated rings. The number of hydrogen-bond donors (Lipinski definition) is 1. The molecule has 0 aliphatic carbocycles. The third-order valence-electron chi connectivity index (χ3n) is 2.84. The molecule has 122 valence electrons. The molecule has 22 heavy (non-hydrogen) atoms. The van der Waals surface area contributed by atoms with Crippen LogP contribution in [-0.2, 0) is 30.4 Å². The minimum Gasteiger partial charge on any atom is -0.467 e. The molecular weight excluding hydrogens is 286 g/mol. The van der Waals surface area contributed by atoms with Crippen LogP contribution in [0.25, 0.3) is 0 Å². The van der Waals surface area contributed by atoms with Gasteiger partial charge in [0.05, 0.1) is 20.3 Å². The van der Waals surface area contributed by atoms with Crippen LogP contribution in [0.4, 0.5) is 0 Å². The van der Waals surface area contributed by atoms with Gasteiger partial charge in [0.15, 0.2) is 6.04 Å². The maximum Gasteiger partial charge on any atom is 0.330 e. The number of hydrogen-bond acceptors (Lipinski definition) is 5. The third kappa shape index (κ3) is 7.75. The van der Waals surface area contributed by atoms with Crippen molar-refractivity contribution in [3.8, 4) is 0 Å². The molecule has 1 atom stereocenters. The van der Waals surface area contributed by atoms with E-state index in [9.17, 15) is 9.59 Å². The number of esters is 1. The van der Waals surface area contributed by atoms with E-state index in [1.54, 1.807) is 0 Å². The highest BCUT2D eigenvalue weighted by Gasteiger charge is 2.19. The third-order valence-corrected chi connectivity index (χ3v) is 2.84. The Hall–Kier alpha value is -1.92. The summed E-state index contributed by atoms with van der Waals surface area (Å²) in [5.41, 5.74) is 1.12. The van der Waals surface area contributed by atoms with Crippen LogP contribution in [0.1, 0.15) is 18.9 Å². The lowest BCUT2D eigenvalue weighted by Gasteiger charge is -2.15. The van der Waals surface area contributed by atoms with Gasteiger partial charge < -0.3 is 19.5 Å². The van der Waals surface area contributed by atoms with Crippen molar-refractivity contribution in [3.63, 3.8) is 0 Å². The Balaban J connectivity index is 2.10. The average Bonchev–Trinajstić information content (AvgIpc) is 2.52. The molecule has 1 N–H and O–H groups in total. The van der Waals surface area contributed by atoms with E-state index in [0.717, 1.165) is 5.56 Å². The lowest BCUT2D eigenvalue weighted by atomic mass is 10.2. The van der Waals surface area contributed by atoms with Gasteiger partial charge in [0, 0.05) is 20.1 Å². The van der Waals surface area contributed by atoms with Crippen molar-refractivity contribution in [2.24, 2.45) is 0 Å². The van der Waals surface area contributed by atoms with Crippen molar-refractivity contribution in [2.75, 3.05) is 26.9 Å². The van der Waals surface area contributed by atoms with Gasteiger partial charge in [0.25, 0.3) is 0 Å². The molecule has 1 rings (SSSR count). The first kappa shape index (κ1) is 18.1. The summed E-state index contributed by atoms with van der Waals surface area (Å²) in [4.78, 5) is 22.4. The van der Waals surface area contributed by atoms with Gasteiger partial charge in [-0.1, -0.05) is 30.3 Å². The smallest absolute Gasteiger partial charge is 0.330 e. The standard InChI is InChI=1S/C16H23NO5/c1-13(18)17-15(16(19)20-2)12-22-10-6-9-21-11-14-7-4-3-5-8-14/h3-5,7-8,15H,6,9-12H2,1-2H3,(H,17,18). The van der Waals surface area contributed by atoms with Crippen molar-refractivity contribution in [1.82, 2.24) is 5.32 Å². The van der Waals surface area contributed by atoms with E-state index in [1.165, 1.54) is 14.0 Å². The molecule has 0 bridgehead atoms. The maximum atomic E-state index is 11.4. The highest BCUT2D eigenvalue weighted by Crippen LogP contribution is 2.01. The van der Waals surface area contributed by atoms with Crippen molar-refractivity contribution in [2.45, 2.75) is 26.0 Å². The second-order valence-corrected chi connectivity index (χ2v) is 4.74. The first-order valence-corrected chi connectivity index (χ1v) is 7.18. The summed E-state index contributed by atoms with van der Waals surface area (Å²) in [6.45, 7) is 3.01. The van der Waals surface area contributed by atoms with Gasteiger partial charge >= 0.3 is 5.97 Å². The molecule has 0 saturated heterocycles. The second kappa shape index (κ2) is 10.8. The average molecular weight is 309 g/mol. The van der Waals surface area contributed by atoms with Gasteiger partial charge in [0.2, 0.25) is 5.91 Å². The largest absolute Gasteiger partial charge is 0.467 e. The SMILES string of the molecule is COC(=O)C(COCCCOCc1ccccc1)NC(C)=O. The van der Waals surface area contributed by atoms with Crippen LogP contribution >= 0.6 is 0 Å². The first-order chi connectivity index (χ1) is 10.6. The molecule has 1 amide bonds. The first-order valence-electron chi connectivity index (χ1n) is 7.18. The number of carbonyl (C=O) groups excluding carboxylic acids is 2.